The Labute approximate surface area is 196 Å². The first kappa shape index (κ1) is 24.9. The Bertz CT molecular complexity index is 771. The van der Waals surface area contributed by atoms with Crippen LogP contribution in [-0.2, 0) is 32.4 Å². The quantitative estimate of drug-likeness (QED) is 0.718. The summed E-state index contributed by atoms with van der Waals surface area (Å²) in [6.45, 7) is 10.2. The van der Waals surface area contributed by atoms with Crippen LogP contribution in [0.15, 0.2) is 36.5 Å². The van der Waals surface area contributed by atoms with Gasteiger partial charge in [0.25, 0.3) is 0 Å². The number of hydrogen-bond acceptors (Lipinski definition) is 4. The van der Waals surface area contributed by atoms with Crippen molar-refractivity contribution in [3.05, 3.63) is 64.5 Å². The van der Waals surface area contributed by atoms with Gasteiger partial charge in [-0.15, -0.1) is 0 Å². The van der Waals surface area contributed by atoms with E-state index in [9.17, 15) is 0 Å². The molecule has 0 unspecified atom stereocenters. The van der Waals surface area contributed by atoms with E-state index in [1.165, 1.54) is 87.8 Å². The van der Waals surface area contributed by atoms with Crippen molar-refractivity contribution in [1.29, 1.82) is 0 Å². The molecule has 4 heteroatoms. The first-order valence-electron chi connectivity index (χ1n) is 12.8. The first-order valence-corrected chi connectivity index (χ1v) is 12.8. The lowest BCUT2D eigenvalue weighted by Crippen LogP contribution is -2.31. The van der Waals surface area contributed by atoms with E-state index >= 15 is 0 Å². The lowest BCUT2D eigenvalue weighted by molar-refractivity contribution is 0.220. The Hall–Kier alpha value is -1.75. The number of piperidine rings is 1. The Morgan fingerprint density at radius 3 is 2.44 bits per heavy atom. The molecule has 176 valence electrons. The van der Waals surface area contributed by atoms with Crippen LogP contribution in [0.3, 0.4) is 0 Å². The van der Waals surface area contributed by atoms with Gasteiger partial charge in [0.15, 0.2) is 0 Å². The van der Waals surface area contributed by atoms with Crippen LogP contribution in [0.25, 0.3) is 0 Å². The van der Waals surface area contributed by atoms with Crippen LogP contribution >= 0.6 is 0 Å². The van der Waals surface area contributed by atoms with Gasteiger partial charge in [0.05, 0.1) is 0 Å². The Morgan fingerprint density at radius 2 is 1.69 bits per heavy atom. The number of fused-ring (bicyclic) bond motifs is 2. The number of aromatic nitrogens is 1. The number of rotatable bonds is 3. The van der Waals surface area contributed by atoms with Crippen LogP contribution < -0.4 is 10.6 Å². The van der Waals surface area contributed by atoms with Crippen molar-refractivity contribution in [3.63, 3.8) is 0 Å². The van der Waals surface area contributed by atoms with Crippen LogP contribution in [0.5, 0.6) is 0 Å². The molecule has 1 fully saturated rings. The third kappa shape index (κ3) is 7.99. The first-order chi connectivity index (χ1) is 15.7. The summed E-state index contributed by atoms with van der Waals surface area (Å²) in [4.78, 5) is 6.95. The highest BCUT2D eigenvalue weighted by atomic mass is 15.1. The molecule has 0 amide bonds. The third-order valence-corrected chi connectivity index (χ3v) is 6.75. The van der Waals surface area contributed by atoms with Crippen molar-refractivity contribution in [3.8, 4) is 0 Å². The van der Waals surface area contributed by atoms with Crippen LogP contribution in [0.2, 0.25) is 0 Å². The molecule has 32 heavy (non-hydrogen) atoms. The van der Waals surface area contributed by atoms with E-state index < -0.39 is 0 Å². The summed E-state index contributed by atoms with van der Waals surface area (Å²) in [5.74, 6) is 0. The molecule has 0 radical (unpaired) electrons. The van der Waals surface area contributed by atoms with E-state index in [-0.39, 0.29) is 0 Å². The zero-order valence-electron chi connectivity index (χ0n) is 20.6. The molecule has 3 heterocycles. The van der Waals surface area contributed by atoms with Crippen LogP contribution in [-0.4, -0.2) is 42.6 Å². The topological polar surface area (TPSA) is 40.2 Å². The van der Waals surface area contributed by atoms with Gasteiger partial charge in [0.1, 0.15) is 0 Å². The molecule has 0 bridgehead atoms. The van der Waals surface area contributed by atoms with Crippen molar-refractivity contribution in [1.82, 2.24) is 20.5 Å². The predicted octanol–water partition coefficient (Wildman–Crippen LogP) is 4.89. The number of nitrogens with zero attached hydrogens (tertiary/aromatic N) is 2. The molecule has 0 atom stereocenters. The lowest BCUT2D eigenvalue weighted by atomic mass is 9.95. The van der Waals surface area contributed by atoms with E-state index in [1.807, 2.05) is 19.3 Å². The highest BCUT2D eigenvalue weighted by Crippen LogP contribution is 2.21. The number of pyridine rings is 1. The van der Waals surface area contributed by atoms with Crippen molar-refractivity contribution in [2.24, 2.45) is 0 Å². The minimum absolute atomic E-state index is 0.634. The van der Waals surface area contributed by atoms with E-state index in [4.69, 9.17) is 0 Å². The average molecular weight is 437 g/mol. The molecule has 0 saturated carbocycles. The van der Waals surface area contributed by atoms with E-state index in [1.54, 1.807) is 11.1 Å². The number of likely N-dealkylation sites (tertiary alicyclic amines) is 1. The number of hydrogen-bond donors (Lipinski definition) is 2. The second kappa shape index (κ2) is 13.7. The predicted molar refractivity (Wildman–Crippen MR) is 136 cm³/mol. The SMILES string of the molecule is CNC(C)C.c1cc2c(c(CN3CCCCC3)c1)CCNC2.c1cnc2c(c1)CCCC2. The van der Waals surface area contributed by atoms with Gasteiger partial charge in [0.2, 0.25) is 0 Å². The second-order valence-corrected chi connectivity index (χ2v) is 9.58. The van der Waals surface area contributed by atoms with Gasteiger partial charge in [-0.3, -0.25) is 9.88 Å². The maximum absolute atomic E-state index is 4.32. The van der Waals surface area contributed by atoms with Crippen LogP contribution in [0.1, 0.15) is 73.9 Å². The van der Waals surface area contributed by atoms with Crippen LogP contribution in [0.4, 0.5) is 0 Å². The molecule has 1 aliphatic carbocycles. The molecule has 2 N–H and O–H groups in total. The standard InChI is InChI=1S/C15H22N2.C9H11N.C4H11N/c1-2-9-17(10-3-1)12-14-6-4-5-13-11-16-8-7-15(13)14;1-2-6-9-8(4-1)5-3-7-10-9;1-4(2)5-3/h4-6,16H,1-3,7-12H2;3,5,7H,1-2,4,6H2;4-5H,1-3H3. The van der Waals surface area contributed by atoms with Gasteiger partial charge in [-0.05, 0) is 99.9 Å². The molecule has 1 aromatic carbocycles. The van der Waals surface area contributed by atoms with Gasteiger partial charge in [-0.2, -0.15) is 0 Å². The summed E-state index contributed by atoms with van der Waals surface area (Å²) in [6, 6.07) is 11.7. The summed E-state index contributed by atoms with van der Waals surface area (Å²) in [7, 11) is 1.95. The smallest absolute Gasteiger partial charge is 0.0435 e. The molecule has 2 aromatic rings. The number of nitrogens with one attached hydrogen (secondary N) is 2. The summed E-state index contributed by atoms with van der Waals surface area (Å²) in [5.41, 5.74) is 7.51. The fourth-order valence-electron chi connectivity index (χ4n) is 4.65. The maximum atomic E-state index is 4.32. The van der Waals surface area contributed by atoms with Gasteiger partial charge >= 0.3 is 0 Å². The van der Waals surface area contributed by atoms with Crippen molar-refractivity contribution < 1.29 is 0 Å². The van der Waals surface area contributed by atoms with Crippen molar-refractivity contribution in [2.45, 2.75) is 84.3 Å². The zero-order valence-corrected chi connectivity index (χ0v) is 20.6. The van der Waals surface area contributed by atoms with Crippen molar-refractivity contribution >= 4 is 0 Å². The van der Waals surface area contributed by atoms with Gasteiger partial charge < -0.3 is 10.6 Å². The van der Waals surface area contributed by atoms with Gasteiger partial charge in [0, 0.05) is 31.0 Å². The van der Waals surface area contributed by atoms with Crippen LogP contribution in [0, 0.1) is 0 Å². The lowest BCUT2D eigenvalue weighted by Gasteiger charge is -2.28. The Kier molecular flexibility index (Phi) is 10.7. The normalized spacial score (nSPS) is 17.9. The van der Waals surface area contributed by atoms with E-state index in [0.717, 1.165) is 13.1 Å². The Balaban J connectivity index is 0.000000163. The van der Waals surface area contributed by atoms with Gasteiger partial charge in [-0.25, -0.2) is 0 Å². The van der Waals surface area contributed by atoms with E-state index in [2.05, 4.69) is 58.6 Å². The second-order valence-electron chi connectivity index (χ2n) is 9.58. The zero-order chi connectivity index (χ0) is 22.6. The summed E-state index contributed by atoms with van der Waals surface area (Å²) in [6.07, 6.45) is 12.4. The minimum Gasteiger partial charge on any atom is -0.318 e. The van der Waals surface area contributed by atoms with Gasteiger partial charge in [-0.1, -0.05) is 44.5 Å². The molecule has 2 aliphatic heterocycles. The monoisotopic (exact) mass is 436 g/mol. The summed E-state index contributed by atoms with van der Waals surface area (Å²) < 4.78 is 0. The molecule has 1 saturated heterocycles. The fourth-order valence-corrected chi connectivity index (χ4v) is 4.65. The molecule has 3 aliphatic rings. The Morgan fingerprint density at radius 1 is 0.938 bits per heavy atom. The number of benzene rings is 1. The largest absolute Gasteiger partial charge is 0.318 e. The molecule has 4 nitrogen and oxygen atoms in total. The third-order valence-electron chi connectivity index (χ3n) is 6.75. The molecular weight excluding hydrogens is 392 g/mol. The molecule has 1 aromatic heterocycles. The maximum Gasteiger partial charge on any atom is 0.0435 e. The average Bonchev–Trinajstić information content (AvgIpc) is 2.86. The molecule has 5 rings (SSSR count). The number of aryl methyl sites for hydroxylation is 2. The highest BCUT2D eigenvalue weighted by molar-refractivity contribution is 5.37. The summed E-state index contributed by atoms with van der Waals surface area (Å²) >= 11 is 0. The van der Waals surface area contributed by atoms with E-state index in [0.29, 0.717) is 6.04 Å². The van der Waals surface area contributed by atoms with Crippen molar-refractivity contribution in [2.75, 3.05) is 26.7 Å². The highest BCUT2D eigenvalue weighted by Gasteiger charge is 2.16. The summed E-state index contributed by atoms with van der Waals surface area (Å²) in [5, 5.41) is 6.49. The fraction of sp³-hybridized carbons (Fsp3) is 0.607. The molecule has 0 spiro atoms. The molecular formula is C28H44N4. The minimum atomic E-state index is 0.634.